The van der Waals surface area contributed by atoms with Gasteiger partial charge in [0.1, 0.15) is 5.52 Å². The fraction of sp³-hybridized carbons (Fsp3) is 0. The summed E-state index contributed by atoms with van der Waals surface area (Å²) in [7, 11) is 0. The molecule has 2 heterocycles. The highest BCUT2D eigenvalue weighted by Crippen LogP contribution is 2.22. The van der Waals surface area contributed by atoms with Gasteiger partial charge in [-0.2, -0.15) is 0 Å². The van der Waals surface area contributed by atoms with Gasteiger partial charge in [-0.15, -0.1) is 0 Å². The van der Waals surface area contributed by atoms with Gasteiger partial charge < -0.3 is 10.1 Å². The lowest BCUT2D eigenvalue weighted by Gasteiger charge is -2.05. The number of H-pyrrole nitrogens is 1. The van der Waals surface area contributed by atoms with Crippen LogP contribution in [0.15, 0.2) is 47.4 Å². The van der Waals surface area contributed by atoms with Gasteiger partial charge in [0.2, 0.25) is 5.56 Å². The van der Waals surface area contributed by atoms with Gasteiger partial charge in [0.25, 0.3) is 0 Å². The Kier molecular flexibility index (Phi) is 2.76. The Labute approximate surface area is 112 Å². The summed E-state index contributed by atoms with van der Waals surface area (Å²) in [5, 5.41) is 9.18. The molecule has 0 atom stereocenters. The lowest BCUT2D eigenvalue weighted by molar-refractivity contribution is 0.0697. The Bertz CT molecular complexity index is 871. The minimum absolute atomic E-state index is 0.138. The van der Waals surface area contributed by atoms with Gasteiger partial charge >= 0.3 is 5.97 Å². The third-order valence-corrected chi connectivity index (χ3v) is 2.87. The molecule has 6 nitrogen and oxygen atoms in total. The number of nitrogens with zero attached hydrogens (tertiary/aromatic N) is 2. The molecule has 0 saturated heterocycles. The second-order valence-corrected chi connectivity index (χ2v) is 4.16. The Morgan fingerprint density at radius 3 is 2.75 bits per heavy atom. The topological polar surface area (TPSA) is 95.9 Å². The van der Waals surface area contributed by atoms with E-state index < -0.39 is 5.97 Å². The number of fused-ring (bicyclic) bond motifs is 1. The van der Waals surface area contributed by atoms with E-state index >= 15 is 0 Å². The molecule has 3 aromatic rings. The third kappa shape index (κ3) is 2.03. The molecule has 2 N–H and O–H groups in total. The summed E-state index contributed by atoms with van der Waals surface area (Å²) in [4.78, 5) is 33.5. The normalized spacial score (nSPS) is 10.6. The van der Waals surface area contributed by atoms with Crippen molar-refractivity contribution >= 4 is 17.1 Å². The van der Waals surface area contributed by atoms with Crippen molar-refractivity contribution in [2.45, 2.75) is 0 Å². The van der Waals surface area contributed by atoms with Gasteiger partial charge in [-0.1, -0.05) is 18.2 Å². The SMILES string of the molecule is O=C(O)c1ccccc1-c1cnc2ccc(=O)[nH]c2n1. The zero-order valence-corrected chi connectivity index (χ0v) is 10.2. The Hall–Kier alpha value is -3.02. The standard InChI is InChI=1S/C14H9N3O3/c18-12-6-5-10-13(17-12)16-11(7-15-10)8-3-1-2-4-9(8)14(19)20/h1-7H,(H,19,20)(H,16,17,18). The Morgan fingerprint density at radius 1 is 1.15 bits per heavy atom. The first-order valence-corrected chi connectivity index (χ1v) is 5.84. The molecule has 0 amide bonds. The van der Waals surface area contributed by atoms with Crippen LogP contribution in [-0.4, -0.2) is 26.0 Å². The summed E-state index contributed by atoms with van der Waals surface area (Å²) in [5.41, 5.74) is 1.59. The van der Waals surface area contributed by atoms with Gasteiger partial charge in [-0.3, -0.25) is 9.78 Å². The molecule has 6 heteroatoms. The van der Waals surface area contributed by atoms with Crippen LogP contribution in [0.3, 0.4) is 0 Å². The van der Waals surface area contributed by atoms with Crippen LogP contribution in [0.2, 0.25) is 0 Å². The number of rotatable bonds is 2. The number of carboxylic acid groups (broad SMARTS) is 1. The highest BCUT2D eigenvalue weighted by atomic mass is 16.4. The van der Waals surface area contributed by atoms with E-state index in [0.717, 1.165) is 0 Å². The molecule has 0 aliphatic carbocycles. The summed E-state index contributed by atoms with van der Waals surface area (Å²) >= 11 is 0. The molecule has 2 aromatic heterocycles. The van der Waals surface area contributed by atoms with Crippen molar-refractivity contribution in [3.63, 3.8) is 0 Å². The number of hydrogen-bond acceptors (Lipinski definition) is 4. The number of pyridine rings is 1. The van der Waals surface area contributed by atoms with Crippen LogP contribution in [0.5, 0.6) is 0 Å². The van der Waals surface area contributed by atoms with Gasteiger partial charge in [0.15, 0.2) is 5.65 Å². The van der Waals surface area contributed by atoms with E-state index in [-0.39, 0.29) is 11.1 Å². The number of nitrogens with one attached hydrogen (secondary N) is 1. The second-order valence-electron chi connectivity index (χ2n) is 4.16. The number of carbonyl (C=O) groups is 1. The lowest BCUT2D eigenvalue weighted by atomic mass is 10.1. The maximum atomic E-state index is 11.3. The van der Waals surface area contributed by atoms with Crippen molar-refractivity contribution in [3.8, 4) is 11.3 Å². The van der Waals surface area contributed by atoms with E-state index in [9.17, 15) is 14.7 Å². The molecule has 0 spiro atoms. The van der Waals surface area contributed by atoms with E-state index in [1.54, 1.807) is 24.3 Å². The van der Waals surface area contributed by atoms with Crippen molar-refractivity contribution in [2.75, 3.05) is 0 Å². The van der Waals surface area contributed by atoms with Crippen molar-refractivity contribution in [2.24, 2.45) is 0 Å². The van der Waals surface area contributed by atoms with E-state index in [2.05, 4.69) is 15.0 Å². The average Bonchev–Trinajstić information content (AvgIpc) is 2.46. The molecule has 1 aromatic carbocycles. The molecule has 3 rings (SSSR count). The van der Waals surface area contributed by atoms with Gasteiger partial charge in [-0.25, -0.2) is 9.78 Å². The molecule has 0 bridgehead atoms. The summed E-state index contributed by atoms with van der Waals surface area (Å²) in [6, 6.07) is 9.44. The first-order chi connectivity index (χ1) is 9.65. The number of aromatic carboxylic acids is 1. The first kappa shape index (κ1) is 12.0. The monoisotopic (exact) mass is 267 g/mol. The highest BCUT2D eigenvalue weighted by Gasteiger charge is 2.12. The van der Waals surface area contributed by atoms with E-state index in [1.165, 1.54) is 18.3 Å². The largest absolute Gasteiger partial charge is 0.478 e. The number of hydrogen-bond donors (Lipinski definition) is 2. The number of benzene rings is 1. The van der Waals surface area contributed by atoms with Crippen molar-refractivity contribution in [3.05, 3.63) is 58.5 Å². The molecular formula is C14H9N3O3. The molecule has 0 saturated carbocycles. The predicted molar refractivity (Wildman–Crippen MR) is 72.6 cm³/mol. The van der Waals surface area contributed by atoms with Crippen LogP contribution in [0.1, 0.15) is 10.4 Å². The van der Waals surface area contributed by atoms with E-state index in [4.69, 9.17) is 0 Å². The fourth-order valence-electron chi connectivity index (χ4n) is 1.95. The van der Waals surface area contributed by atoms with E-state index in [0.29, 0.717) is 22.4 Å². The summed E-state index contributed by atoms with van der Waals surface area (Å²) in [5.74, 6) is -1.04. The predicted octanol–water partition coefficient (Wildman–Crippen LogP) is 1.68. The van der Waals surface area contributed by atoms with Crippen LogP contribution in [-0.2, 0) is 0 Å². The van der Waals surface area contributed by atoms with Crippen LogP contribution in [0.25, 0.3) is 22.4 Å². The number of aromatic nitrogens is 3. The highest BCUT2D eigenvalue weighted by molar-refractivity contribution is 5.95. The summed E-state index contributed by atoms with van der Waals surface area (Å²) < 4.78 is 0. The third-order valence-electron chi connectivity index (χ3n) is 2.87. The summed E-state index contributed by atoms with van der Waals surface area (Å²) in [6.45, 7) is 0. The van der Waals surface area contributed by atoms with Gasteiger partial charge in [0, 0.05) is 11.6 Å². The number of aromatic amines is 1. The Morgan fingerprint density at radius 2 is 1.95 bits per heavy atom. The van der Waals surface area contributed by atoms with Crippen LogP contribution in [0.4, 0.5) is 0 Å². The maximum Gasteiger partial charge on any atom is 0.336 e. The molecule has 20 heavy (non-hydrogen) atoms. The summed E-state index contributed by atoms with van der Waals surface area (Å²) in [6.07, 6.45) is 1.49. The smallest absolute Gasteiger partial charge is 0.336 e. The van der Waals surface area contributed by atoms with Crippen LogP contribution in [0, 0.1) is 0 Å². The van der Waals surface area contributed by atoms with Crippen LogP contribution >= 0.6 is 0 Å². The van der Waals surface area contributed by atoms with Gasteiger partial charge in [-0.05, 0) is 12.1 Å². The fourth-order valence-corrected chi connectivity index (χ4v) is 1.95. The second kappa shape index (κ2) is 4.58. The van der Waals surface area contributed by atoms with Gasteiger partial charge in [0.05, 0.1) is 17.5 Å². The zero-order valence-electron chi connectivity index (χ0n) is 10.2. The quantitative estimate of drug-likeness (QED) is 0.736. The zero-order chi connectivity index (χ0) is 14.1. The lowest BCUT2D eigenvalue weighted by Crippen LogP contribution is -2.05. The van der Waals surface area contributed by atoms with Crippen molar-refractivity contribution in [1.82, 2.24) is 15.0 Å². The number of carboxylic acids is 1. The minimum Gasteiger partial charge on any atom is -0.478 e. The van der Waals surface area contributed by atoms with Crippen LogP contribution < -0.4 is 5.56 Å². The molecule has 0 aliphatic rings. The van der Waals surface area contributed by atoms with Crippen molar-refractivity contribution < 1.29 is 9.90 Å². The molecule has 0 aliphatic heterocycles. The first-order valence-electron chi connectivity index (χ1n) is 5.84. The average molecular weight is 267 g/mol. The molecule has 0 fully saturated rings. The molecular weight excluding hydrogens is 258 g/mol. The maximum absolute atomic E-state index is 11.3. The van der Waals surface area contributed by atoms with Crippen molar-refractivity contribution in [1.29, 1.82) is 0 Å². The molecule has 0 radical (unpaired) electrons. The Balaban J connectivity index is 2.25. The molecule has 98 valence electrons. The van der Waals surface area contributed by atoms with E-state index in [1.807, 2.05) is 0 Å². The minimum atomic E-state index is -1.04. The molecule has 0 unspecified atom stereocenters.